The first-order chi connectivity index (χ1) is 20.2. The number of nitriles is 1. The van der Waals surface area contributed by atoms with E-state index >= 15 is 0 Å². The minimum Gasteiger partial charge on any atom is -0.457 e. The smallest absolute Gasteiger partial charge is 0.335 e. The van der Waals surface area contributed by atoms with Gasteiger partial charge in [0.25, 0.3) is 5.91 Å². The van der Waals surface area contributed by atoms with Crippen LogP contribution in [0.1, 0.15) is 45.6 Å². The molecule has 5 rings (SSSR count). The van der Waals surface area contributed by atoms with Gasteiger partial charge in [0.05, 0.1) is 5.69 Å². The Labute approximate surface area is 243 Å². The number of amides is 1. The number of nitrogens with zero attached hydrogens (tertiary/aromatic N) is 5. The highest BCUT2D eigenvalue weighted by Gasteiger charge is 2.30. The van der Waals surface area contributed by atoms with Gasteiger partial charge in [0.2, 0.25) is 0 Å². The molecular formula is C31H34N8O3. The minimum atomic E-state index is -0.492. The highest BCUT2D eigenvalue weighted by molar-refractivity contribution is 5.97. The lowest BCUT2D eigenvalue weighted by atomic mass is 9.90. The van der Waals surface area contributed by atoms with E-state index in [1.54, 1.807) is 46.5 Å². The summed E-state index contributed by atoms with van der Waals surface area (Å²) >= 11 is 0. The van der Waals surface area contributed by atoms with Crippen molar-refractivity contribution in [3.63, 3.8) is 0 Å². The number of nitrogen functional groups attached to an aromatic ring is 1. The molecule has 0 aliphatic heterocycles. The third kappa shape index (κ3) is 5.89. The second-order valence-corrected chi connectivity index (χ2v) is 10.9. The molecule has 2 aromatic heterocycles. The number of fused-ring (bicyclic) bond motifs is 1. The number of aromatic nitrogens is 4. The molecule has 1 fully saturated rings. The van der Waals surface area contributed by atoms with Crippen molar-refractivity contribution >= 4 is 22.9 Å². The molecule has 0 unspecified atom stereocenters. The van der Waals surface area contributed by atoms with Gasteiger partial charge in [-0.25, -0.2) is 14.8 Å². The summed E-state index contributed by atoms with van der Waals surface area (Å²) < 4.78 is 9.13. The van der Waals surface area contributed by atoms with Gasteiger partial charge in [-0.05, 0) is 89.1 Å². The van der Waals surface area contributed by atoms with Gasteiger partial charge in [-0.15, -0.1) is 0 Å². The number of carbonyl (C=O) groups is 1. The Morgan fingerprint density at radius 1 is 1.07 bits per heavy atom. The van der Waals surface area contributed by atoms with Crippen molar-refractivity contribution in [3.8, 4) is 23.3 Å². The Bertz CT molecular complexity index is 1710. The Morgan fingerprint density at radius 2 is 1.74 bits per heavy atom. The van der Waals surface area contributed by atoms with Crippen LogP contribution < -0.4 is 26.8 Å². The Balaban J connectivity index is 1.37. The molecule has 11 heteroatoms. The molecule has 0 spiro atoms. The molecule has 11 nitrogen and oxygen atoms in total. The lowest BCUT2D eigenvalue weighted by molar-refractivity contribution is -0.118. The predicted molar refractivity (Wildman–Crippen MR) is 160 cm³/mol. The molecule has 1 aliphatic rings. The first-order valence-electron chi connectivity index (χ1n) is 13.9. The van der Waals surface area contributed by atoms with Crippen molar-refractivity contribution < 1.29 is 9.53 Å². The number of rotatable bonds is 8. The average molecular weight is 567 g/mol. The van der Waals surface area contributed by atoms with Crippen molar-refractivity contribution in [1.82, 2.24) is 29.7 Å². The minimum absolute atomic E-state index is 0.0723. The number of para-hydroxylation sites is 1. The van der Waals surface area contributed by atoms with Gasteiger partial charge in [-0.1, -0.05) is 18.2 Å². The molecular weight excluding hydrogens is 532 g/mol. The molecule has 4 aromatic rings. The molecule has 216 valence electrons. The van der Waals surface area contributed by atoms with Gasteiger partial charge in [0.1, 0.15) is 35.0 Å². The Kier molecular flexibility index (Phi) is 8.08. The molecule has 2 aromatic carbocycles. The largest absolute Gasteiger partial charge is 0.457 e. The van der Waals surface area contributed by atoms with Crippen molar-refractivity contribution in [1.29, 1.82) is 5.26 Å². The lowest BCUT2D eigenvalue weighted by Crippen LogP contribution is -2.41. The third-order valence-electron chi connectivity index (χ3n) is 7.67. The molecule has 2 heterocycles. The van der Waals surface area contributed by atoms with E-state index in [0.717, 1.165) is 0 Å². The van der Waals surface area contributed by atoms with Crippen molar-refractivity contribution in [3.05, 3.63) is 83.1 Å². The number of benzene rings is 2. The number of carbonyl (C=O) groups excluding carboxylic acids is 1. The van der Waals surface area contributed by atoms with Gasteiger partial charge >= 0.3 is 5.69 Å². The van der Waals surface area contributed by atoms with Crippen LogP contribution in [0.15, 0.2) is 77.4 Å². The summed E-state index contributed by atoms with van der Waals surface area (Å²) in [6.07, 6.45) is 5.58. The summed E-state index contributed by atoms with van der Waals surface area (Å²) in [6.45, 7) is 3.78. The maximum absolute atomic E-state index is 13.9. The average Bonchev–Trinajstić information content (AvgIpc) is 3.30. The topological polar surface area (TPSA) is 153 Å². The van der Waals surface area contributed by atoms with Crippen molar-refractivity contribution in [2.75, 3.05) is 12.8 Å². The van der Waals surface area contributed by atoms with Crippen LogP contribution in [-0.2, 0) is 4.79 Å². The summed E-state index contributed by atoms with van der Waals surface area (Å²) in [5.74, 6) is 1.17. The fraction of sp³-hybridized carbons (Fsp3) is 0.323. The van der Waals surface area contributed by atoms with E-state index in [4.69, 9.17) is 10.5 Å². The SMILES string of the molecule is CNC(C)(C)C=C(C#N)C(=O)NC1CCC(n2c(=O)n(-c3ccc(Oc4ccccc4)cc3)c3c(N)ncnc32)CC1. The number of anilines is 1. The highest BCUT2D eigenvalue weighted by atomic mass is 16.5. The molecule has 1 aliphatic carbocycles. The fourth-order valence-electron chi connectivity index (χ4n) is 5.25. The Morgan fingerprint density at radius 3 is 2.38 bits per heavy atom. The van der Waals surface area contributed by atoms with Crippen LogP contribution in [0.3, 0.4) is 0 Å². The molecule has 1 amide bonds. The second-order valence-electron chi connectivity index (χ2n) is 10.9. The maximum atomic E-state index is 13.9. The van der Waals surface area contributed by atoms with Gasteiger partial charge in [-0.3, -0.25) is 13.9 Å². The fourth-order valence-corrected chi connectivity index (χ4v) is 5.25. The number of hydrogen-bond acceptors (Lipinski definition) is 8. The third-order valence-corrected chi connectivity index (χ3v) is 7.67. The maximum Gasteiger partial charge on any atom is 0.335 e. The number of nitrogens with one attached hydrogen (secondary N) is 2. The van der Waals surface area contributed by atoms with E-state index in [2.05, 4.69) is 20.6 Å². The zero-order valence-corrected chi connectivity index (χ0v) is 23.9. The van der Waals surface area contributed by atoms with Gasteiger partial charge < -0.3 is 21.1 Å². The molecule has 0 atom stereocenters. The number of ether oxygens (including phenoxy) is 1. The lowest BCUT2D eigenvalue weighted by Gasteiger charge is -2.29. The van der Waals surface area contributed by atoms with Crippen LogP contribution in [0, 0.1) is 11.3 Å². The zero-order chi connectivity index (χ0) is 29.9. The van der Waals surface area contributed by atoms with E-state index in [9.17, 15) is 14.9 Å². The summed E-state index contributed by atoms with van der Waals surface area (Å²) in [7, 11) is 1.78. The van der Waals surface area contributed by atoms with Crippen LogP contribution in [-0.4, -0.2) is 43.6 Å². The molecule has 4 N–H and O–H groups in total. The van der Waals surface area contributed by atoms with Crippen LogP contribution in [0.4, 0.5) is 5.82 Å². The molecule has 0 radical (unpaired) electrons. The predicted octanol–water partition coefficient (Wildman–Crippen LogP) is 4.00. The monoisotopic (exact) mass is 566 g/mol. The quantitative estimate of drug-likeness (QED) is 0.214. The van der Waals surface area contributed by atoms with E-state index in [1.807, 2.05) is 50.2 Å². The van der Waals surface area contributed by atoms with Gasteiger partial charge in [0, 0.05) is 17.6 Å². The molecule has 42 heavy (non-hydrogen) atoms. The first-order valence-corrected chi connectivity index (χ1v) is 13.9. The van der Waals surface area contributed by atoms with E-state index < -0.39 is 11.4 Å². The van der Waals surface area contributed by atoms with Crippen LogP contribution in [0.25, 0.3) is 16.9 Å². The molecule has 0 bridgehead atoms. The number of hydrogen-bond donors (Lipinski definition) is 3. The van der Waals surface area contributed by atoms with Gasteiger partial charge in [-0.2, -0.15) is 5.26 Å². The molecule has 0 saturated heterocycles. The summed E-state index contributed by atoms with van der Waals surface area (Å²) in [5.41, 5.74) is 7.13. The normalized spacial score (nSPS) is 17.5. The second kappa shape index (κ2) is 11.9. The number of nitrogens with two attached hydrogens (primary N) is 1. The number of likely N-dealkylation sites (N-methyl/N-ethyl adjacent to an activating group) is 1. The van der Waals surface area contributed by atoms with E-state index in [0.29, 0.717) is 54.0 Å². The first kappa shape index (κ1) is 28.6. The van der Waals surface area contributed by atoms with Crippen molar-refractivity contribution in [2.45, 2.75) is 57.2 Å². The summed E-state index contributed by atoms with van der Waals surface area (Å²) in [6, 6.07) is 18.4. The van der Waals surface area contributed by atoms with Crippen molar-refractivity contribution in [2.24, 2.45) is 0 Å². The summed E-state index contributed by atoms with van der Waals surface area (Å²) in [5, 5.41) is 15.6. The van der Waals surface area contributed by atoms with E-state index in [-0.39, 0.29) is 29.2 Å². The van der Waals surface area contributed by atoms with E-state index in [1.165, 1.54) is 6.33 Å². The summed E-state index contributed by atoms with van der Waals surface area (Å²) in [4.78, 5) is 35.3. The van der Waals surface area contributed by atoms with Crippen LogP contribution in [0.2, 0.25) is 0 Å². The van der Waals surface area contributed by atoms with Crippen LogP contribution >= 0.6 is 0 Å². The van der Waals surface area contributed by atoms with Gasteiger partial charge in [0.15, 0.2) is 11.5 Å². The molecule has 1 saturated carbocycles. The number of imidazole rings is 1. The standard InChI is InChI=1S/C31H34N8O3/c1-31(2,34-3)17-20(18-32)29(40)37-21-9-11-23(12-10-21)39-28-26(27(33)35-19-36-28)38(30(39)41)22-13-15-25(16-14-22)42-24-7-5-4-6-8-24/h4-8,13-17,19,21,23,34H,9-12H2,1-3H3,(H,37,40)(H2,33,35,36). The van der Waals surface area contributed by atoms with Crippen LogP contribution in [0.5, 0.6) is 11.5 Å². The zero-order valence-electron chi connectivity index (χ0n) is 23.9. The Hall–Kier alpha value is -4.95. The highest BCUT2D eigenvalue weighted by Crippen LogP contribution is 2.32.